The molecule has 2 heterocycles. The summed E-state index contributed by atoms with van der Waals surface area (Å²) in [5.74, 6) is 0. The van der Waals surface area contributed by atoms with Crippen molar-refractivity contribution in [1.82, 2.24) is 14.9 Å². The second-order valence-electron chi connectivity index (χ2n) is 5.97. The highest BCUT2D eigenvalue weighted by Gasteiger charge is 2.27. The Balaban J connectivity index is 1.84. The zero-order valence-electron chi connectivity index (χ0n) is 11.8. The van der Waals surface area contributed by atoms with Gasteiger partial charge in [0, 0.05) is 11.0 Å². The fraction of sp³-hybridized carbons (Fsp3) is 0.438. The highest BCUT2D eigenvalue weighted by molar-refractivity contribution is 9.10. The third-order valence-corrected chi connectivity index (χ3v) is 4.74. The number of hydrogen-bond acceptors (Lipinski definition) is 2. The maximum absolute atomic E-state index is 4.35. The molecule has 1 N–H and O–H groups in total. The topological polar surface area (TPSA) is 29.9 Å². The van der Waals surface area contributed by atoms with Gasteiger partial charge in [-0.3, -0.25) is 0 Å². The molecule has 0 bridgehead atoms. The molecular formula is C16H20BrN3. The van der Waals surface area contributed by atoms with Crippen molar-refractivity contribution < 1.29 is 0 Å². The van der Waals surface area contributed by atoms with E-state index in [1.165, 1.54) is 24.1 Å². The highest BCUT2D eigenvalue weighted by atomic mass is 79.9. The first kappa shape index (κ1) is 13.8. The van der Waals surface area contributed by atoms with Gasteiger partial charge in [0.15, 0.2) is 0 Å². The molecule has 0 unspecified atom stereocenters. The van der Waals surface area contributed by atoms with Gasteiger partial charge in [-0.25, -0.2) is 4.98 Å². The fourth-order valence-corrected chi connectivity index (χ4v) is 3.17. The molecule has 0 saturated carbocycles. The van der Waals surface area contributed by atoms with Gasteiger partial charge in [-0.15, -0.1) is 0 Å². The van der Waals surface area contributed by atoms with Gasteiger partial charge in [-0.05, 0) is 49.0 Å². The van der Waals surface area contributed by atoms with Crippen LogP contribution in [0.2, 0.25) is 0 Å². The smallest absolute Gasteiger partial charge is 0.0951 e. The summed E-state index contributed by atoms with van der Waals surface area (Å²) in [7, 11) is 0. The minimum Gasteiger partial charge on any atom is -0.330 e. The Labute approximate surface area is 128 Å². The number of hydrogen-bond donors (Lipinski definition) is 1. The van der Waals surface area contributed by atoms with Crippen LogP contribution in [0, 0.1) is 5.41 Å². The molecule has 20 heavy (non-hydrogen) atoms. The lowest BCUT2D eigenvalue weighted by Crippen LogP contribution is -2.37. The molecule has 1 aliphatic rings. The zero-order chi connectivity index (χ0) is 14.0. The molecule has 0 aliphatic carbocycles. The molecular weight excluding hydrogens is 314 g/mol. The zero-order valence-corrected chi connectivity index (χ0v) is 13.4. The maximum Gasteiger partial charge on any atom is 0.0951 e. The molecule has 2 aromatic rings. The van der Waals surface area contributed by atoms with Crippen molar-refractivity contribution in [2.75, 3.05) is 13.1 Å². The Kier molecular flexibility index (Phi) is 3.94. The molecule has 1 aromatic carbocycles. The van der Waals surface area contributed by atoms with E-state index in [1.807, 2.05) is 12.5 Å². The Hall–Kier alpha value is -1.13. The molecule has 0 atom stereocenters. The van der Waals surface area contributed by atoms with Crippen LogP contribution in [0.25, 0.3) is 11.3 Å². The van der Waals surface area contributed by atoms with Crippen molar-refractivity contribution >= 4 is 15.9 Å². The molecule has 3 nitrogen and oxygen atoms in total. The van der Waals surface area contributed by atoms with Crippen molar-refractivity contribution in [1.29, 1.82) is 0 Å². The van der Waals surface area contributed by atoms with E-state index in [2.05, 4.69) is 62.0 Å². The Morgan fingerprint density at radius 1 is 1.25 bits per heavy atom. The normalized spacial score (nSPS) is 18.1. The molecule has 4 heteroatoms. The largest absolute Gasteiger partial charge is 0.330 e. The Morgan fingerprint density at radius 2 is 1.95 bits per heavy atom. The van der Waals surface area contributed by atoms with Crippen LogP contribution in [0.15, 0.2) is 41.3 Å². The van der Waals surface area contributed by atoms with Crippen LogP contribution in [0.1, 0.15) is 19.8 Å². The summed E-state index contributed by atoms with van der Waals surface area (Å²) >= 11 is 3.49. The van der Waals surface area contributed by atoms with Crippen LogP contribution in [-0.2, 0) is 6.54 Å². The quantitative estimate of drug-likeness (QED) is 0.928. The molecule has 1 aliphatic heterocycles. The lowest BCUT2D eigenvalue weighted by molar-refractivity contribution is 0.195. The summed E-state index contributed by atoms with van der Waals surface area (Å²) in [4.78, 5) is 4.35. The van der Waals surface area contributed by atoms with Crippen LogP contribution >= 0.6 is 15.9 Å². The van der Waals surface area contributed by atoms with Gasteiger partial charge >= 0.3 is 0 Å². The summed E-state index contributed by atoms with van der Waals surface area (Å²) < 4.78 is 3.41. The number of aromatic nitrogens is 2. The number of benzene rings is 1. The van der Waals surface area contributed by atoms with E-state index in [1.54, 1.807) is 0 Å². The lowest BCUT2D eigenvalue weighted by atomic mass is 9.81. The van der Waals surface area contributed by atoms with Gasteiger partial charge < -0.3 is 9.88 Å². The number of nitrogens with one attached hydrogen (secondary N) is 1. The number of imidazole rings is 1. The molecule has 106 valence electrons. The molecule has 1 fully saturated rings. The van der Waals surface area contributed by atoms with Gasteiger partial charge in [0.1, 0.15) is 0 Å². The van der Waals surface area contributed by atoms with Gasteiger partial charge in [0.05, 0.1) is 18.2 Å². The van der Waals surface area contributed by atoms with Gasteiger partial charge in [0.25, 0.3) is 0 Å². The predicted octanol–water partition coefficient (Wildman–Crippen LogP) is 3.70. The molecule has 3 rings (SSSR count). The standard InChI is InChI=1S/C16H20BrN3/c1-16(6-8-18-9-7-16)11-20-12-19-10-15(20)13-2-4-14(17)5-3-13/h2-5,10,12,18H,6-9,11H2,1H3. The van der Waals surface area contributed by atoms with E-state index in [0.29, 0.717) is 5.41 Å². The van der Waals surface area contributed by atoms with Crippen molar-refractivity contribution in [2.24, 2.45) is 5.41 Å². The van der Waals surface area contributed by atoms with Crippen LogP contribution in [0.3, 0.4) is 0 Å². The number of halogens is 1. The summed E-state index contributed by atoms with van der Waals surface area (Å²) in [5.41, 5.74) is 2.80. The van der Waals surface area contributed by atoms with E-state index in [9.17, 15) is 0 Å². The first-order valence-electron chi connectivity index (χ1n) is 7.13. The maximum atomic E-state index is 4.35. The third-order valence-electron chi connectivity index (χ3n) is 4.22. The van der Waals surface area contributed by atoms with Crippen molar-refractivity contribution in [3.63, 3.8) is 0 Å². The first-order valence-corrected chi connectivity index (χ1v) is 7.92. The van der Waals surface area contributed by atoms with Crippen molar-refractivity contribution in [3.8, 4) is 11.3 Å². The van der Waals surface area contributed by atoms with Crippen molar-refractivity contribution in [2.45, 2.75) is 26.3 Å². The van der Waals surface area contributed by atoms with Crippen LogP contribution in [-0.4, -0.2) is 22.6 Å². The van der Waals surface area contributed by atoms with Gasteiger partial charge in [-0.2, -0.15) is 0 Å². The summed E-state index contributed by atoms with van der Waals surface area (Å²) in [5, 5.41) is 3.44. The minimum atomic E-state index is 0.371. The predicted molar refractivity (Wildman–Crippen MR) is 85.6 cm³/mol. The second-order valence-corrected chi connectivity index (χ2v) is 6.89. The number of rotatable bonds is 3. The van der Waals surface area contributed by atoms with E-state index >= 15 is 0 Å². The van der Waals surface area contributed by atoms with E-state index in [-0.39, 0.29) is 0 Å². The lowest BCUT2D eigenvalue weighted by Gasteiger charge is -2.34. The minimum absolute atomic E-state index is 0.371. The van der Waals surface area contributed by atoms with Crippen molar-refractivity contribution in [3.05, 3.63) is 41.3 Å². The molecule has 0 radical (unpaired) electrons. The van der Waals surface area contributed by atoms with Crippen LogP contribution in [0.5, 0.6) is 0 Å². The molecule has 1 aromatic heterocycles. The third kappa shape index (κ3) is 2.96. The van der Waals surface area contributed by atoms with Crippen LogP contribution < -0.4 is 5.32 Å². The van der Waals surface area contributed by atoms with E-state index in [4.69, 9.17) is 0 Å². The monoisotopic (exact) mass is 333 g/mol. The van der Waals surface area contributed by atoms with Crippen LogP contribution in [0.4, 0.5) is 0 Å². The first-order chi connectivity index (χ1) is 9.66. The SMILES string of the molecule is CC1(Cn2cncc2-c2ccc(Br)cc2)CCNCC1. The van der Waals surface area contributed by atoms with Gasteiger partial charge in [0.2, 0.25) is 0 Å². The molecule has 0 spiro atoms. The molecule has 0 amide bonds. The number of nitrogens with zero attached hydrogens (tertiary/aromatic N) is 2. The second kappa shape index (κ2) is 5.70. The van der Waals surface area contributed by atoms with Gasteiger partial charge in [-0.1, -0.05) is 35.0 Å². The Bertz CT molecular complexity index is 568. The van der Waals surface area contributed by atoms with E-state index < -0.39 is 0 Å². The molecule has 1 saturated heterocycles. The van der Waals surface area contributed by atoms with E-state index in [0.717, 1.165) is 24.1 Å². The average Bonchev–Trinajstić information content (AvgIpc) is 2.88. The number of piperidine rings is 1. The highest BCUT2D eigenvalue weighted by Crippen LogP contribution is 2.32. The Morgan fingerprint density at radius 3 is 2.65 bits per heavy atom. The summed E-state index contributed by atoms with van der Waals surface area (Å²) in [6.45, 7) is 5.68. The summed E-state index contributed by atoms with van der Waals surface area (Å²) in [6, 6.07) is 8.45. The average molecular weight is 334 g/mol. The summed E-state index contributed by atoms with van der Waals surface area (Å²) in [6.07, 6.45) is 6.38. The fourth-order valence-electron chi connectivity index (χ4n) is 2.91.